The van der Waals surface area contributed by atoms with Crippen LogP contribution in [0.3, 0.4) is 0 Å². The molecule has 1 aromatic carbocycles. The summed E-state index contributed by atoms with van der Waals surface area (Å²) in [4.78, 5) is 25.3. The largest absolute Gasteiger partial charge is 0.385 e. The van der Waals surface area contributed by atoms with Crippen LogP contribution in [-0.4, -0.2) is 73.9 Å². The van der Waals surface area contributed by atoms with Crippen LogP contribution >= 0.6 is 0 Å². The second kappa shape index (κ2) is 9.82. The molecule has 1 spiro atoms. The molecular weight excluding hydrogens is 440 g/mol. The predicted molar refractivity (Wildman–Crippen MR) is 140 cm³/mol. The van der Waals surface area contributed by atoms with E-state index in [0.29, 0.717) is 0 Å². The Morgan fingerprint density at radius 3 is 2.77 bits per heavy atom. The van der Waals surface area contributed by atoms with Gasteiger partial charge in [0.25, 0.3) is 5.56 Å². The van der Waals surface area contributed by atoms with Crippen molar-refractivity contribution in [1.29, 1.82) is 0 Å². The van der Waals surface area contributed by atoms with Crippen LogP contribution in [0.1, 0.15) is 48.9 Å². The highest BCUT2D eigenvalue weighted by molar-refractivity contribution is 5.67. The number of ether oxygens (including phenoxy) is 1. The number of H-pyrrole nitrogens is 1. The fourth-order valence-electron chi connectivity index (χ4n) is 6.32. The molecule has 188 valence electrons. The summed E-state index contributed by atoms with van der Waals surface area (Å²) in [6.07, 6.45) is 7.32. The van der Waals surface area contributed by atoms with E-state index in [2.05, 4.69) is 43.6 Å². The Balaban J connectivity index is 1.06. The number of nitrogens with one attached hydrogen (secondary N) is 3. The first kappa shape index (κ1) is 22.9. The number of fused-ring (bicyclic) bond motifs is 3. The molecule has 0 unspecified atom stereocenters. The Morgan fingerprint density at radius 2 is 1.91 bits per heavy atom. The topological polar surface area (TPSA) is 85.5 Å². The lowest BCUT2D eigenvalue weighted by Crippen LogP contribution is -2.45. The molecule has 0 bridgehead atoms. The number of hydrogen-bond donors (Lipinski definition) is 3. The minimum Gasteiger partial charge on any atom is -0.385 e. The zero-order valence-corrected chi connectivity index (χ0v) is 20.7. The maximum Gasteiger partial charge on any atom is 0.255 e. The SMILES string of the molecule is O=c1[nH]c(N2CCC3(CC2)CNc2cc(NCCCN4CCOCC4)ccc23)nc2c1CCCC2. The molecule has 8 heteroatoms. The normalized spacial score (nSPS) is 21.4. The molecule has 2 saturated heterocycles. The van der Waals surface area contributed by atoms with E-state index in [-0.39, 0.29) is 11.0 Å². The summed E-state index contributed by atoms with van der Waals surface area (Å²) in [6.45, 7) is 8.80. The Kier molecular flexibility index (Phi) is 6.41. The van der Waals surface area contributed by atoms with E-state index in [1.165, 1.54) is 16.9 Å². The van der Waals surface area contributed by atoms with Gasteiger partial charge in [-0.3, -0.25) is 14.7 Å². The summed E-state index contributed by atoms with van der Waals surface area (Å²) < 4.78 is 5.43. The molecule has 35 heavy (non-hydrogen) atoms. The van der Waals surface area contributed by atoms with Crippen molar-refractivity contribution >= 4 is 17.3 Å². The van der Waals surface area contributed by atoms with Crippen molar-refractivity contribution in [2.75, 3.05) is 74.6 Å². The molecule has 2 aromatic rings. The van der Waals surface area contributed by atoms with Crippen LogP contribution in [0.4, 0.5) is 17.3 Å². The molecular formula is C27H38N6O2. The molecule has 4 heterocycles. The molecule has 0 atom stereocenters. The van der Waals surface area contributed by atoms with Crippen molar-refractivity contribution in [3.05, 3.63) is 45.4 Å². The van der Waals surface area contributed by atoms with E-state index in [4.69, 9.17) is 9.72 Å². The number of aromatic nitrogens is 2. The average molecular weight is 479 g/mol. The van der Waals surface area contributed by atoms with Crippen LogP contribution in [-0.2, 0) is 23.0 Å². The zero-order chi connectivity index (χ0) is 23.7. The summed E-state index contributed by atoms with van der Waals surface area (Å²) in [6, 6.07) is 6.86. The van der Waals surface area contributed by atoms with Crippen LogP contribution in [0.15, 0.2) is 23.0 Å². The predicted octanol–water partition coefficient (Wildman–Crippen LogP) is 2.75. The first-order valence-electron chi connectivity index (χ1n) is 13.5. The first-order valence-corrected chi connectivity index (χ1v) is 13.5. The van der Waals surface area contributed by atoms with Crippen LogP contribution in [0.5, 0.6) is 0 Å². The highest BCUT2D eigenvalue weighted by atomic mass is 16.5. The maximum absolute atomic E-state index is 12.6. The van der Waals surface area contributed by atoms with Gasteiger partial charge in [0.05, 0.1) is 18.9 Å². The van der Waals surface area contributed by atoms with Gasteiger partial charge in [0.15, 0.2) is 0 Å². The van der Waals surface area contributed by atoms with Crippen molar-refractivity contribution in [2.24, 2.45) is 0 Å². The molecule has 8 nitrogen and oxygen atoms in total. The van der Waals surface area contributed by atoms with Crippen LogP contribution in [0.2, 0.25) is 0 Å². The second-order valence-electron chi connectivity index (χ2n) is 10.6. The maximum atomic E-state index is 12.6. The van der Waals surface area contributed by atoms with Gasteiger partial charge in [-0.15, -0.1) is 0 Å². The van der Waals surface area contributed by atoms with Gasteiger partial charge in [-0.25, -0.2) is 4.98 Å². The number of anilines is 3. The van der Waals surface area contributed by atoms with Gasteiger partial charge in [-0.1, -0.05) is 6.07 Å². The summed E-state index contributed by atoms with van der Waals surface area (Å²) in [5, 5.41) is 7.31. The molecule has 4 aliphatic rings. The van der Waals surface area contributed by atoms with Gasteiger partial charge in [0.2, 0.25) is 5.95 Å². The number of benzene rings is 1. The van der Waals surface area contributed by atoms with Gasteiger partial charge in [-0.05, 0) is 69.2 Å². The lowest BCUT2D eigenvalue weighted by molar-refractivity contribution is 0.0378. The molecule has 1 aromatic heterocycles. The van der Waals surface area contributed by atoms with Gasteiger partial charge in [0, 0.05) is 61.6 Å². The molecule has 1 aliphatic carbocycles. The van der Waals surface area contributed by atoms with Gasteiger partial charge in [0.1, 0.15) is 0 Å². The highest BCUT2D eigenvalue weighted by Crippen LogP contribution is 2.45. The van der Waals surface area contributed by atoms with Crippen LogP contribution in [0.25, 0.3) is 0 Å². The second-order valence-corrected chi connectivity index (χ2v) is 10.6. The van der Waals surface area contributed by atoms with Crippen LogP contribution < -0.4 is 21.1 Å². The number of rotatable bonds is 6. The number of aryl methyl sites for hydroxylation is 1. The molecule has 2 fully saturated rings. The van der Waals surface area contributed by atoms with E-state index < -0.39 is 0 Å². The van der Waals surface area contributed by atoms with Crippen molar-refractivity contribution in [3.8, 4) is 0 Å². The Bertz CT molecular complexity index is 1100. The lowest BCUT2D eigenvalue weighted by Gasteiger charge is -2.39. The summed E-state index contributed by atoms with van der Waals surface area (Å²) in [5.74, 6) is 0.772. The van der Waals surface area contributed by atoms with Crippen molar-refractivity contribution in [2.45, 2.75) is 50.4 Å². The molecule has 0 amide bonds. The quantitative estimate of drug-likeness (QED) is 0.551. The molecule has 6 rings (SSSR count). The average Bonchev–Trinajstić information content (AvgIpc) is 3.25. The number of hydrogen-bond acceptors (Lipinski definition) is 7. The highest BCUT2D eigenvalue weighted by Gasteiger charge is 2.42. The van der Waals surface area contributed by atoms with E-state index in [0.717, 1.165) is 121 Å². The van der Waals surface area contributed by atoms with Crippen LogP contribution in [0, 0.1) is 0 Å². The summed E-state index contributed by atoms with van der Waals surface area (Å²) in [7, 11) is 0. The first-order chi connectivity index (χ1) is 17.2. The third kappa shape index (κ3) is 4.66. The zero-order valence-electron chi connectivity index (χ0n) is 20.7. The monoisotopic (exact) mass is 478 g/mol. The number of piperidine rings is 1. The van der Waals surface area contributed by atoms with E-state index in [1.807, 2.05) is 0 Å². The fraction of sp³-hybridized carbons (Fsp3) is 0.630. The van der Waals surface area contributed by atoms with E-state index in [9.17, 15) is 4.79 Å². The smallest absolute Gasteiger partial charge is 0.255 e. The Labute approximate surface area is 207 Å². The number of aromatic amines is 1. The van der Waals surface area contributed by atoms with Gasteiger partial charge >= 0.3 is 0 Å². The van der Waals surface area contributed by atoms with Crippen molar-refractivity contribution < 1.29 is 4.74 Å². The van der Waals surface area contributed by atoms with Gasteiger partial charge < -0.3 is 20.3 Å². The molecule has 0 radical (unpaired) electrons. The summed E-state index contributed by atoms with van der Waals surface area (Å²) in [5.41, 5.74) is 6.10. The van der Waals surface area contributed by atoms with Crippen molar-refractivity contribution in [1.82, 2.24) is 14.9 Å². The third-order valence-corrected chi connectivity index (χ3v) is 8.49. The number of nitrogens with zero attached hydrogens (tertiary/aromatic N) is 3. The molecule has 0 saturated carbocycles. The van der Waals surface area contributed by atoms with Gasteiger partial charge in [-0.2, -0.15) is 0 Å². The standard InChI is InChI=1S/C27H38N6O2/c34-25-21-4-1-2-5-23(21)30-26(31-25)33-12-8-27(9-13-33)19-29-24-18-20(6-7-22(24)27)28-10-3-11-32-14-16-35-17-15-32/h6-7,18,28-29H,1-5,8-17,19H2,(H,30,31,34). The lowest BCUT2D eigenvalue weighted by atomic mass is 9.74. The van der Waals surface area contributed by atoms with Crippen molar-refractivity contribution in [3.63, 3.8) is 0 Å². The molecule has 3 aliphatic heterocycles. The third-order valence-electron chi connectivity index (χ3n) is 8.49. The minimum atomic E-state index is 0.0721. The minimum absolute atomic E-state index is 0.0721. The van der Waals surface area contributed by atoms with E-state index in [1.54, 1.807) is 0 Å². The Hall–Kier alpha value is -2.58. The molecule has 3 N–H and O–H groups in total. The summed E-state index contributed by atoms with van der Waals surface area (Å²) >= 11 is 0. The van der Waals surface area contributed by atoms with E-state index >= 15 is 0 Å². The fourth-order valence-corrected chi connectivity index (χ4v) is 6.32. The Morgan fingerprint density at radius 1 is 1.09 bits per heavy atom. The number of morpholine rings is 1.